The van der Waals surface area contributed by atoms with Crippen LogP contribution in [0, 0.1) is 0 Å². The van der Waals surface area contributed by atoms with Crippen LogP contribution in [0.3, 0.4) is 0 Å². The first kappa shape index (κ1) is 19.9. The number of nitrogens with zero attached hydrogens (tertiary/aromatic N) is 1. The lowest BCUT2D eigenvalue weighted by atomic mass is 10.0. The maximum absolute atomic E-state index is 12.7. The number of halogens is 4. The van der Waals surface area contributed by atoms with Gasteiger partial charge in [0.1, 0.15) is 0 Å². The number of hydrogen-bond acceptors (Lipinski definition) is 3. The molecule has 0 radical (unpaired) electrons. The van der Waals surface area contributed by atoms with Gasteiger partial charge in [0, 0.05) is 10.6 Å². The molecule has 0 saturated heterocycles. The molecule has 0 aliphatic carbocycles. The molecule has 3 aromatic carbocycles. The maximum atomic E-state index is 12.7. The molecular weight excluding hydrogens is 415 g/mol. The smallest absolute Gasteiger partial charge is 0.402 e. The van der Waals surface area contributed by atoms with Crippen LogP contribution in [0.5, 0.6) is 0 Å². The van der Waals surface area contributed by atoms with Gasteiger partial charge in [0.05, 0.1) is 5.56 Å². The van der Waals surface area contributed by atoms with Gasteiger partial charge in [-0.15, -0.1) is 0 Å². The van der Waals surface area contributed by atoms with Gasteiger partial charge in [-0.25, -0.2) is 9.79 Å². The minimum Gasteiger partial charge on any atom is -0.402 e. The Morgan fingerprint density at radius 1 is 0.800 bits per heavy atom. The van der Waals surface area contributed by atoms with Crippen LogP contribution in [-0.2, 0) is 15.7 Å². The van der Waals surface area contributed by atoms with Gasteiger partial charge in [-0.2, -0.15) is 13.2 Å². The van der Waals surface area contributed by atoms with Crippen molar-refractivity contribution in [3.05, 3.63) is 100 Å². The molecule has 0 aromatic heterocycles. The van der Waals surface area contributed by atoms with Crippen LogP contribution in [0.25, 0.3) is 17.2 Å². The molecule has 0 N–H and O–H groups in total. The monoisotopic (exact) mass is 427 g/mol. The summed E-state index contributed by atoms with van der Waals surface area (Å²) >= 11 is 5.86. The molecule has 3 nitrogen and oxygen atoms in total. The Labute approximate surface area is 175 Å². The summed E-state index contributed by atoms with van der Waals surface area (Å²) in [4.78, 5) is 16.3. The van der Waals surface area contributed by atoms with Crippen molar-refractivity contribution >= 4 is 29.5 Å². The summed E-state index contributed by atoms with van der Waals surface area (Å²) in [6, 6.07) is 18.7. The molecule has 7 heteroatoms. The van der Waals surface area contributed by atoms with Gasteiger partial charge in [-0.1, -0.05) is 48.0 Å². The van der Waals surface area contributed by atoms with Gasteiger partial charge in [0.25, 0.3) is 0 Å². The molecule has 0 unspecified atom stereocenters. The predicted molar refractivity (Wildman–Crippen MR) is 109 cm³/mol. The van der Waals surface area contributed by atoms with E-state index >= 15 is 0 Å². The minimum atomic E-state index is -4.37. The van der Waals surface area contributed by atoms with E-state index in [1.54, 1.807) is 54.6 Å². The fraction of sp³-hybridized carbons (Fsp3) is 0.0435. The largest absolute Gasteiger partial charge is 0.416 e. The number of carbonyl (C=O) groups is 1. The van der Waals surface area contributed by atoms with Gasteiger partial charge in [0.15, 0.2) is 5.70 Å². The highest BCUT2D eigenvalue weighted by molar-refractivity contribution is 6.30. The van der Waals surface area contributed by atoms with Gasteiger partial charge in [-0.05, 0) is 59.2 Å². The first-order chi connectivity index (χ1) is 14.3. The summed E-state index contributed by atoms with van der Waals surface area (Å²) in [7, 11) is 0. The molecule has 0 bridgehead atoms. The Morgan fingerprint density at radius 3 is 1.90 bits per heavy atom. The van der Waals surface area contributed by atoms with Gasteiger partial charge < -0.3 is 4.74 Å². The molecule has 1 aliphatic heterocycles. The van der Waals surface area contributed by atoms with E-state index in [2.05, 4.69) is 4.99 Å². The quantitative estimate of drug-likeness (QED) is 0.360. The molecule has 150 valence electrons. The first-order valence-electron chi connectivity index (χ1n) is 8.86. The van der Waals surface area contributed by atoms with E-state index in [9.17, 15) is 18.0 Å². The van der Waals surface area contributed by atoms with Gasteiger partial charge in [-0.3, -0.25) is 0 Å². The average molecular weight is 428 g/mol. The molecule has 0 fully saturated rings. The van der Waals surface area contributed by atoms with Crippen molar-refractivity contribution in [3.8, 4) is 11.1 Å². The summed E-state index contributed by atoms with van der Waals surface area (Å²) in [6.45, 7) is 0. The van der Waals surface area contributed by atoms with E-state index in [1.807, 2.05) is 0 Å². The predicted octanol–water partition coefficient (Wildman–Crippen LogP) is 6.37. The summed E-state index contributed by atoms with van der Waals surface area (Å²) in [5, 5.41) is 0.563. The van der Waals surface area contributed by atoms with Crippen molar-refractivity contribution in [2.75, 3.05) is 0 Å². The second-order valence-electron chi connectivity index (χ2n) is 6.54. The van der Waals surface area contributed by atoms with Crippen molar-refractivity contribution in [2.24, 2.45) is 4.99 Å². The van der Waals surface area contributed by atoms with Crippen molar-refractivity contribution < 1.29 is 22.7 Å². The summed E-state index contributed by atoms with van der Waals surface area (Å²) in [6.07, 6.45) is -2.78. The lowest BCUT2D eigenvalue weighted by molar-refractivity contribution is -0.137. The van der Waals surface area contributed by atoms with Gasteiger partial charge in [0.2, 0.25) is 5.90 Å². The normalized spacial score (nSPS) is 15.3. The Bertz CT molecular complexity index is 1150. The third kappa shape index (κ3) is 4.28. The van der Waals surface area contributed by atoms with E-state index < -0.39 is 17.7 Å². The number of carbonyl (C=O) groups excluding carboxylic acids is 1. The number of alkyl halides is 3. The Hall–Kier alpha value is -3.38. The number of hydrogen-bond donors (Lipinski definition) is 0. The van der Waals surface area contributed by atoms with Crippen LogP contribution in [-0.4, -0.2) is 11.9 Å². The second-order valence-corrected chi connectivity index (χ2v) is 6.98. The molecule has 3 aromatic rings. The lowest BCUT2D eigenvalue weighted by Gasteiger charge is -2.08. The molecule has 0 amide bonds. The van der Waals surface area contributed by atoms with Crippen LogP contribution >= 0.6 is 11.6 Å². The molecule has 0 spiro atoms. The molecule has 0 atom stereocenters. The van der Waals surface area contributed by atoms with Gasteiger partial charge >= 0.3 is 12.1 Å². The number of aliphatic imine (C=N–C) groups is 1. The molecule has 4 rings (SSSR count). The number of esters is 1. The maximum Gasteiger partial charge on any atom is 0.416 e. The third-order valence-electron chi connectivity index (χ3n) is 4.47. The van der Waals surface area contributed by atoms with E-state index in [4.69, 9.17) is 16.3 Å². The number of benzene rings is 3. The summed E-state index contributed by atoms with van der Waals surface area (Å²) in [5.41, 5.74) is 2.22. The standard InChI is InChI=1S/C23H13ClF3NO2/c24-19-11-7-17(8-12-19)21-28-20(22(29)30-21)13-14-1-3-15(4-2-14)16-5-9-18(10-6-16)23(25,26)27/h1-13H. The topological polar surface area (TPSA) is 38.7 Å². The van der Waals surface area contributed by atoms with Crippen molar-refractivity contribution in [1.82, 2.24) is 0 Å². The zero-order valence-electron chi connectivity index (χ0n) is 15.3. The van der Waals surface area contributed by atoms with Crippen LogP contribution in [0.1, 0.15) is 16.7 Å². The highest BCUT2D eigenvalue weighted by Gasteiger charge is 2.30. The van der Waals surface area contributed by atoms with Crippen molar-refractivity contribution in [2.45, 2.75) is 6.18 Å². The fourth-order valence-corrected chi connectivity index (χ4v) is 3.03. The first-order valence-corrected chi connectivity index (χ1v) is 9.23. The highest BCUT2D eigenvalue weighted by atomic mass is 35.5. The van der Waals surface area contributed by atoms with E-state index in [-0.39, 0.29) is 11.6 Å². The zero-order chi connectivity index (χ0) is 21.3. The lowest BCUT2D eigenvalue weighted by Crippen LogP contribution is -2.05. The number of ether oxygens (including phenoxy) is 1. The van der Waals surface area contributed by atoms with Crippen LogP contribution in [0.2, 0.25) is 5.02 Å². The summed E-state index contributed by atoms with van der Waals surface area (Å²) in [5.74, 6) is -0.365. The Balaban J connectivity index is 1.55. The van der Waals surface area contributed by atoms with Crippen LogP contribution < -0.4 is 0 Å². The Kier molecular flexibility index (Phi) is 5.18. The van der Waals surface area contributed by atoms with Crippen molar-refractivity contribution in [1.29, 1.82) is 0 Å². The fourth-order valence-electron chi connectivity index (χ4n) is 2.91. The van der Waals surface area contributed by atoms with Crippen LogP contribution in [0.15, 0.2) is 83.5 Å². The van der Waals surface area contributed by atoms with E-state index in [0.717, 1.165) is 17.7 Å². The number of rotatable bonds is 3. The molecule has 0 saturated carbocycles. The highest BCUT2D eigenvalue weighted by Crippen LogP contribution is 2.31. The zero-order valence-corrected chi connectivity index (χ0v) is 16.0. The third-order valence-corrected chi connectivity index (χ3v) is 4.72. The second kappa shape index (κ2) is 7.80. The Morgan fingerprint density at radius 2 is 1.33 bits per heavy atom. The van der Waals surface area contributed by atoms with Crippen molar-refractivity contribution in [3.63, 3.8) is 0 Å². The molecular formula is C23H13ClF3NO2. The van der Waals surface area contributed by atoms with E-state index in [1.165, 1.54) is 12.1 Å². The summed E-state index contributed by atoms with van der Waals surface area (Å²) < 4.78 is 43.3. The minimum absolute atomic E-state index is 0.155. The van der Waals surface area contributed by atoms with E-state index in [0.29, 0.717) is 21.7 Å². The molecule has 1 aliphatic rings. The molecule has 30 heavy (non-hydrogen) atoms. The number of cyclic esters (lactones) is 1. The van der Waals surface area contributed by atoms with Crippen LogP contribution in [0.4, 0.5) is 13.2 Å². The molecule has 1 heterocycles. The SMILES string of the molecule is O=C1OC(c2ccc(Cl)cc2)=NC1=Cc1ccc(-c2ccc(C(F)(F)F)cc2)cc1. The average Bonchev–Trinajstić information content (AvgIpc) is 3.09.